The van der Waals surface area contributed by atoms with E-state index in [-0.39, 0.29) is 5.04 Å². The molecule has 0 aliphatic heterocycles. The Balaban J connectivity index is 2.35. The van der Waals surface area contributed by atoms with Crippen molar-refractivity contribution in [3.8, 4) is 5.75 Å². The van der Waals surface area contributed by atoms with Crippen LogP contribution < -0.4 is 4.43 Å². The van der Waals surface area contributed by atoms with Gasteiger partial charge < -0.3 is 9.63 Å². The fourth-order valence-corrected chi connectivity index (χ4v) is 3.77. The second kappa shape index (κ2) is 5.46. The van der Waals surface area contributed by atoms with Crippen molar-refractivity contribution in [2.75, 3.05) is 0 Å². The lowest BCUT2D eigenvalue weighted by Gasteiger charge is -2.36. The molecule has 0 saturated heterocycles. The Hall–Kier alpha value is -1.33. The van der Waals surface area contributed by atoms with E-state index in [1.54, 1.807) is 18.3 Å². The lowest BCUT2D eigenvalue weighted by Crippen LogP contribution is -2.43. The molecular weight excluding hydrogens is 298 g/mol. The smallest absolute Gasteiger partial charge is 0.250 e. The molecule has 0 fully saturated rings. The highest BCUT2D eigenvalue weighted by Gasteiger charge is 2.38. The van der Waals surface area contributed by atoms with Crippen molar-refractivity contribution in [2.24, 2.45) is 5.16 Å². The number of thiophene rings is 1. The highest BCUT2D eigenvalue weighted by molar-refractivity contribution is 7.20. The molecule has 1 aromatic heterocycles. The van der Waals surface area contributed by atoms with E-state index in [9.17, 15) is 0 Å². The molecule has 5 heteroatoms. The van der Waals surface area contributed by atoms with Gasteiger partial charge in [-0.2, -0.15) is 0 Å². The molecule has 1 heterocycles. The molecule has 1 aromatic carbocycles. The predicted molar refractivity (Wildman–Crippen MR) is 93.6 cm³/mol. The standard InChI is InChI=1S/C16H23NO2SSi/c1-11(17-18)15-10-12-9-13(7-8-14(12)20-15)19-21(5,6)16(2,3)4/h7-10,18H,1-6H3/b17-11+. The second-order valence-corrected chi connectivity index (χ2v) is 12.7. The van der Waals surface area contributed by atoms with Gasteiger partial charge in [0.1, 0.15) is 5.75 Å². The molecule has 0 spiro atoms. The summed E-state index contributed by atoms with van der Waals surface area (Å²) in [6.45, 7) is 13.0. The molecule has 1 N–H and O–H groups in total. The van der Waals surface area contributed by atoms with Crippen LogP contribution in [0.25, 0.3) is 10.1 Å². The van der Waals surface area contributed by atoms with Gasteiger partial charge in [0.25, 0.3) is 0 Å². The fourth-order valence-electron chi connectivity index (χ4n) is 1.76. The zero-order chi connectivity index (χ0) is 15.8. The van der Waals surface area contributed by atoms with Gasteiger partial charge >= 0.3 is 0 Å². The fraction of sp³-hybridized carbons (Fsp3) is 0.438. The van der Waals surface area contributed by atoms with E-state index < -0.39 is 8.32 Å². The van der Waals surface area contributed by atoms with E-state index in [4.69, 9.17) is 9.63 Å². The molecule has 114 valence electrons. The lowest BCUT2D eigenvalue weighted by atomic mass is 10.2. The first-order valence-corrected chi connectivity index (χ1v) is 10.8. The van der Waals surface area contributed by atoms with Crippen molar-refractivity contribution in [3.05, 3.63) is 29.1 Å². The van der Waals surface area contributed by atoms with E-state index in [0.29, 0.717) is 5.71 Å². The van der Waals surface area contributed by atoms with Crippen molar-refractivity contribution in [1.29, 1.82) is 0 Å². The first-order chi connectivity index (χ1) is 9.64. The highest BCUT2D eigenvalue weighted by atomic mass is 32.1. The van der Waals surface area contributed by atoms with Gasteiger partial charge in [-0.25, -0.2) is 0 Å². The maximum absolute atomic E-state index is 8.89. The Bertz CT molecular complexity index is 683. The monoisotopic (exact) mass is 321 g/mol. The average molecular weight is 322 g/mol. The van der Waals surface area contributed by atoms with Crippen molar-refractivity contribution in [3.63, 3.8) is 0 Å². The van der Waals surface area contributed by atoms with Crippen LogP contribution in [0.1, 0.15) is 32.6 Å². The summed E-state index contributed by atoms with van der Waals surface area (Å²) in [6, 6.07) is 8.25. The summed E-state index contributed by atoms with van der Waals surface area (Å²) in [5, 5.41) is 13.5. The molecule has 0 atom stereocenters. The predicted octanol–water partition coefficient (Wildman–Crippen LogP) is 5.48. The van der Waals surface area contributed by atoms with Crippen LogP contribution in [0.15, 0.2) is 29.4 Å². The molecule has 0 aliphatic carbocycles. The highest BCUT2D eigenvalue weighted by Crippen LogP contribution is 2.38. The van der Waals surface area contributed by atoms with Gasteiger partial charge in [-0.05, 0) is 54.7 Å². The normalized spacial score (nSPS) is 13.7. The second-order valence-electron chi connectivity index (χ2n) is 6.86. The Morgan fingerprint density at radius 2 is 1.90 bits per heavy atom. The van der Waals surface area contributed by atoms with E-state index in [1.807, 2.05) is 12.1 Å². The average Bonchev–Trinajstić information content (AvgIpc) is 2.79. The molecule has 0 radical (unpaired) electrons. The van der Waals surface area contributed by atoms with Crippen LogP contribution in [-0.4, -0.2) is 19.2 Å². The lowest BCUT2D eigenvalue weighted by molar-refractivity contribution is 0.319. The van der Waals surface area contributed by atoms with Crippen LogP contribution in [0.5, 0.6) is 5.75 Å². The van der Waals surface area contributed by atoms with Gasteiger partial charge in [-0.15, -0.1) is 11.3 Å². The molecular formula is C16H23NO2SSi. The Morgan fingerprint density at radius 3 is 2.48 bits per heavy atom. The first-order valence-electron chi connectivity index (χ1n) is 7.06. The summed E-state index contributed by atoms with van der Waals surface area (Å²) >= 11 is 1.63. The number of fused-ring (bicyclic) bond motifs is 1. The molecule has 0 bridgehead atoms. The maximum atomic E-state index is 8.89. The number of oxime groups is 1. The van der Waals surface area contributed by atoms with Crippen LogP contribution >= 0.6 is 11.3 Å². The number of rotatable bonds is 3. The maximum Gasteiger partial charge on any atom is 0.250 e. The summed E-state index contributed by atoms with van der Waals surface area (Å²) in [5.74, 6) is 0.928. The molecule has 3 nitrogen and oxygen atoms in total. The van der Waals surface area contributed by atoms with Crippen LogP contribution in [0, 0.1) is 0 Å². The minimum atomic E-state index is -1.82. The number of hydrogen-bond acceptors (Lipinski definition) is 4. The van der Waals surface area contributed by atoms with E-state index in [0.717, 1.165) is 16.0 Å². The van der Waals surface area contributed by atoms with E-state index in [1.165, 1.54) is 4.70 Å². The summed E-state index contributed by atoms with van der Waals surface area (Å²) < 4.78 is 7.51. The third-order valence-electron chi connectivity index (χ3n) is 4.17. The topological polar surface area (TPSA) is 41.8 Å². The third kappa shape index (κ3) is 3.30. The molecule has 0 aliphatic rings. The number of benzene rings is 1. The summed E-state index contributed by atoms with van der Waals surface area (Å²) in [7, 11) is -1.82. The van der Waals surface area contributed by atoms with Crippen molar-refractivity contribution in [2.45, 2.75) is 45.8 Å². The van der Waals surface area contributed by atoms with Crippen LogP contribution in [0.4, 0.5) is 0 Å². The summed E-state index contributed by atoms with van der Waals surface area (Å²) in [6.07, 6.45) is 0. The Kier molecular flexibility index (Phi) is 4.17. The Labute approximate surface area is 131 Å². The molecule has 0 unspecified atom stereocenters. The van der Waals surface area contributed by atoms with Gasteiger partial charge in [-0.3, -0.25) is 0 Å². The minimum absolute atomic E-state index is 0.182. The molecule has 2 aromatic rings. The quantitative estimate of drug-likeness (QED) is 0.352. The van der Waals surface area contributed by atoms with Gasteiger partial charge in [0.2, 0.25) is 8.32 Å². The van der Waals surface area contributed by atoms with Crippen LogP contribution in [0.2, 0.25) is 18.1 Å². The molecule has 21 heavy (non-hydrogen) atoms. The minimum Gasteiger partial charge on any atom is -0.543 e. The van der Waals surface area contributed by atoms with E-state index >= 15 is 0 Å². The van der Waals surface area contributed by atoms with Gasteiger partial charge in [0.15, 0.2) is 0 Å². The molecule has 0 amide bonds. The van der Waals surface area contributed by atoms with Gasteiger partial charge in [-0.1, -0.05) is 25.9 Å². The van der Waals surface area contributed by atoms with Gasteiger partial charge in [0.05, 0.1) is 10.6 Å². The van der Waals surface area contributed by atoms with Crippen LogP contribution in [-0.2, 0) is 0 Å². The SMILES string of the molecule is C/C(=N\O)c1cc2cc(O[Si](C)(C)C(C)(C)C)ccc2s1. The molecule has 2 rings (SSSR count). The summed E-state index contributed by atoms with van der Waals surface area (Å²) in [5.41, 5.74) is 0.642. The van der Waals surface area contributed by atoms with Crippen molar-refractivity contribution in [1.82, 2.24) is 0 Å². The first kappa shape index (κ1) is 16.0. The third-order valence-corrected chi connectivity index (χ3v) is 9.76. The Morgan fingerprint density at radius 1 is 1.24 bits per heavy atom. The number of nitrogens with zero attached hydrogens (tertiary/aromatic N) is 1. The summed E-state index contributed by atoms with van der Waals surface area (Å²) in [4.78, 5) is 0.983. The van der Waals surface area contributed by atoms with Crippen molar-refractivity contribution >= 4 is 35.5 Å². The van der Waals surface area contributed by atoms with Gasteiger partial charge in [0, 0.05) is 4.70 Å². The zero-order valence-electron chi connectivity index (χ0n) is 13.5. The molecule has 0 saturated carbocycles. The largest absolute Gasteiger partial charge is 0.543 e. The van der Waals surface area contributed by atoms with Crippen molar-refractivity contribution < 1.29 is 9.63 Å². The number of hydrogen-bond donors (Lipinski definition) is 1. The van der Waals surface area contributed by atoms with Crippen LogP contribution in [0.3, 0.4) is 0 Å². The van der Waals surface area contributed by atoms with E-state index in [2.05, 4.69) is 51.2 Å². The zero-order valence-corrected chi connectivity index (χ0v) is 15.3.